The number of anilines is 1. The molecule has 0 amide bonds. The zero-order chi connectivity index (χ0) is 16.1. The van der Waals surface area contributed by atoms with E-state index in [1.807, 2.05) is 11.0 Å². The maximum absolute atomic E-state index is 10.4. The van der Waals surface area contributed by atoms with Gasteiger partial charge in [0.25, 0.3) is 0 Å². The van der Waals surface area contributed by atoms with Crippen LogP contribution in [0, 0.1) is 0 Å². The fraction of sp³-hybridized carbons (Fsp3) is 0.667. The lowest BCUT2D eigenvalue weighted by Crippen LogP contribution is -2.52. The smallest absolute Gasteiger partial charge is 0.225 e. The highest BCUT2D eigenvalue weighted by molar-refractivity contribution is 5.78. The van der Waals surface area contributed by atoms with Crippen LogP contribution in [0.3, 0.4) is 0 Å². The van der Waals surface area contributed by atoms with Gasteiger partial charge in [0.1, 0.15) is 0 Å². The maximum atomic E-state index is 10.4. The molecule has 23 heavy (non-hydrogen) atoms. The van der Waals surface area contributed by atoms with Crippen LogP contribution in [-0.4, -0.2) is 77.5 Å². The lowest BCUT2D eigenvalue weighted by Gasteiger charge is -2.36. The van der Waals surface area contributed by atoms with Crippen molar-refractivity contribution in [3.05, 3.63) is 18.5 Å². The Morgan fingerprint density at radius 2 is 1.87 bits per heavy atom. The normalized spacial score (nSPS) is 22.2. The predicted octanol–water partition coefficient (Wildman–Crippen LogP) is -0.545. The number of piperazine rings is 1. The Labute approximate surface area is 136 Å². The second-order valence-electron chi connectivity index (χ2n) is 6.03. The Morgan fingerprint density at radius 3 is 2.52 bits per heavy atom. The van der Waals surface area contributed by atoms with E-state index in [1.165, 1.54) is 0 Å². The van der Waals surface area contributed by atoms with E-state index in [0.717, 1.165) is 32.1 Å². The van der Waals surface area contributed by atoms with Crippen molar-refractivity contribution in [3.63, 3.8) is 0 Å². The third-order valence-corrected chi connectivity index (χ3v) is 4.40. The molecule has 0 aliphatic carbocycles. The molecule has 0 unspecified atom stereocenters. The summed E-state index contributed by atoms with van der Waals surface area (Å²) in [5.74, 6) is 1.25. The first kappa shape index (κ1) is 15.9. The lowest BCUT2D eigenvalue weighted by atomic mass is 9.95. The van der Waals surface area contributed by atoms with Gasteiger partial charge in [0.05, 0.1) is 12.1 Å². The number of aliphatic imine (C=N–C) groups is 1. The largest absolute Gasteiger partial charge is 0.388 e. The van der Waals surface area contributed by atoms with Crippen LogP contribution in [0.5, 0.6) is 0 Å². The highest BCUT2D eigenvalue weighted by atomic mass is 16.5. The van der Waals surface area contributed by atoms with E-state index in [9.17, 15) is 5.11 Å². The Bertz CT molecular complexity index is 524. The Morgan fingerprint density at radius 1 is 1.22 bits per heavy atom. The molecule has 1 aromatic heterocycles. The summed E-state index contributed by atoms with van der Waals surface area (Å²) in [5, 5.41) is 10.4. The van der Waals surface area contributed by atoms with Crippen molar-refractivity contribution < 1.29 is 9.84 Å². The summed E-state index contributed by atoms with van der Waals surface area (Å²) in [6.45, 7) is 4.66. The molecule has 2 fully saturated rings. The molecule has 126 valence electrons. The second-order valence-corrected chi connectivity index (χ2v) is 6.03. The van der Waals surface area contributed by atoms with Crippen molar-refractivity contribution in [1.29, 1.82) is 0 Å². The number of guanidine groups is 1. The summed E-state index contributed by atoms with van der Waals surface area (Å²) in [7, 11) is 0. The van der Waals surface area contributed by atoms with Gasteiger partial charge in [0.15, 0.2) is 5.96 Å². The molecule has 0 radical (unpaired) electrons. The van der Waals surface area contributed by atoms with Crippen LogP contribution in [0.25, 0.3) is 0 Å². The number of hydrogen-bond donors (Lipinski definition) is 2. The van der Waals surface area contributed by atoms with Gasteiger partial charge in [-0.1, -0.05) is 0 Å². The van der Waals surface area contributed by atoms with Crippen molar-refractivity contribution in [3.8, 4) is 0 Å². The van der Waals surface area contributed by atoms with Gasteiger partial charge in [-0.2, -0.15) is 0 Å². The SMILES string of the molecule is NC(=NCC1(O)CCOCC1)N1CCN(c2ncccn2)CC1. The second kappa shape index (κ2) is 7.10. The molecule has 2 aliphatic rings. The van der Waals surface area contributed by atoms with Crippen LogP contribution in [-0.2, 0) is 4.74 Å². The number of ether oxygens (including phenoxy) is 1. The minimum atomic E-state index is -0.775. The number of hydrogen-bond acceptors (Lipinski definition) is 6. The highest BCUT2D eigenvalue weighted by Gasteiger charge is 2.30. The molecule has 3 N–H and O–H groups in total. The van der Waals surface area contributed by atoms with Crippen LogP contribution in [0.15, 0.2) is 23.5 Å². The standard InChI is InChI=1S/C15H24N6O2/c16-13(19-12-15(22)2-10-23-11-3-15)20-6-8-21(9-7-20)14-17-4-1-5-18-14/h1,4-5,22H,2-3,6-12H2,(H2,16,19). The van der Waals surface area contributed by atoms with E-state index in [-0.39, 0.29) is 0 Å². The van der Waals surface area contributed by atoms with Gasteiger partial charge in [0.2, 0.25) is 5.95 Å². The van der Waals surface area contributed by atoms with Crippen molar-refractivity contribution >= 4 is 11.9 Å². The van der Waals surface area contributed by atoms with E-state index in [1.54, 1.807) is 12.4 Å². The van der Waals surface area contributed by atoms with E-state index in [2.05, 4.69) is 19.9 Å². The summed E-state index contributed by atoms with van der Waals surface area (Å²) < 4.78 is 5.27. The molecule has 1 aromatic rings. The molecular weight excluding hydrogens is 296 g/mol. The molecule has 0 bridgehead atoms. The average molecular weight is 320 g/mol. The van der Waals surface area contributed by atoms with Crippen LogP contribution < -0.4 is 10.6 Å². The minimum Gasteiger partial charge on any atom is -0.388 e. The first-order chi connectivity index (χ1) is 11.2. The van der Waals surface area contributed by atoms with Crippen molar-refractivity contribution in [1.82, 2.24) is 14.9 Å². The van der Waals surface area contributed by atoms with Crippen LogP contribution >= 0.6 is 0 Å². The maximum Gasteiger partial charge on any atom is 0.225 e. The van der Waals surface area contributed by atoms with Crippen LogP contribution in [0.1, 0.15) is 12.8 Å². The Balaban J connectivity index is 1.51. The number of aromatic nitrogens is 2. The van der Waals surface area contributed by atoms with Gasteiger partial charge >= 0.3 is 0 Å². The molecule has 0 saturated carbocycles. The number of aliphatic hydroxyl groups is 1. The monoisotopic (exact) mass is 320 g/mol. The zero-order valence-corrected chi connectivity index (χ0v) is 13.3. The molecule has 3 heterocycles. The molecule has 0 atom stereocenters. The van der Waals surface area contributed by atoms with E-state index < -0.39 is 5.60 Å². The topological polar surface area (TPSA) is 100 Å². The summed E-state index contributed by atoms with van der Waals surface area (Å²) in [5.41, 5.74) is 5.32. The number of rotatable bonds is 3. The molecular formula is C15H24N6O2. The van der Waals surface area contributed by atoms with E-state index in [4.69, 9.17) is 10.5 Å². The number of nitrogens with two attached hydrogens (primary N) is 1. The van der Waals surface area contributed by atoms with Gasteiger partial charge in [0, 0.05) is 64.6 Å². The number of nitrogens with zero attached hydrogens (tertiary/aromatic N) is 5. The molecule has 0 spiro atoms. The average Bonchev–Trinajstić information content (AvgIpc) is 2.61. The molecule has 2 saturated heterocycles. The molecule has 0 aromatic carbocycles. The fourth-order valence-electron chi connectivity index (χ4n) is 2.83. The first-order valence-corrected chi connectivity index (χ1v) is 8.03. The molecule has 8 nitrogen and oxygen atoms in total. The van der Waals surface area contributed by atoms with Gasteiger partial charge in [-0.3, -0.25) is 4.99 Å². The summed E-state index contributed by atoms with van der Waals surface area (Å²) >= 11 is 0. The Kier molecular flexibility index (Phi) is 4.92. The van der Waals surface area contributed by atoms with Crippen molar-refractivity contribution in [2.75, 3.05) is 50.8 Å². The molecule has 2 aliphatic heterocycles. The van der Waals surface area contributed by atoms with Gasteiger partial charge in [-0.15, -0.1) is 0 Å². The van der Waals surface area contributed by atoms with Gasteiger partial charge < -0.3 is 25.4 Å². The molecule has 8 heteroatoms. The van der Waals surface area contributed by atoms with Crippen LogP contribution in [0.4, 0.5) is 5.95 Å². The van der Waals surface area contributed by atoms with E-state index >= 15 is 0 Å². The van der Waals surface area contributed by atoms with Gasteiger partial charge in [-0.05, 0) is 6.07 Å². The Hall–Kier alpha value is -1.93. The van der Waals surface area contributed by atoms with Crippen molar-refractivity contribution in [2.24, 2.45) is 10.7 Å². The quantitative estimate of drug-likeness (QED) is 0.569. The first-order valence-electron chi connectivity index (χ1n) is 8.03. The zero-order valence-electron chi connectivity index (χ0n) is 13.3. The van der Waals surface area contributed by atoms with E-state index in [0.29, 0.717) is 38.6 Å². The lowest BCUT2D eigenvalue weighted by molar-refractivity contribution is -0.0566. The van der Waals surface area contributed by atoms with Crippen LogP contribution in [0.2, 0.25) is 0 Å². The van der Waals surface area contributed by atoms with Gasteiger partial charge in [-0.25, -0.2) is 9.97 Å². The minimum absolute atomic E-state index is 0.338. The third kappa shape index (κ3) is 4.08. The predicted molar refractivity (Wildman–Crippen MR) is 87.3 cm³/mol. The van der Waals surface area contributed by atoms with Crippen molar-refractivity contribution in [2.45, 2.75) is 18.4 Å². The summed E-state index contributed by atoms with van der Waals surface area (Å²) in [6.07, 6.45) is 4.73. The third-order valence-electron chi connectivity index (χ3n) is 4.40. The highest BCUT2D eigenvalue weighted by Crippen LogP contribution is 2.20. The molecule has 3 rings (SSSR count). The summed E-state index contributed by atoms with van der Waals surface area (Å²) in [6, 6.07) is 1.81. The summed E-state index contributed by atoms with van der Waals surface area (Å²) in [4.78, 5) is 17.1. The fourth-order valence-corrected chi connectivity index (χ4v) is 2.83.